The number of nitrogens with zero attached hydrogens (tertiary/aromatic N) is 1. The van der Waals surface area contributed by atoms with Gasteiger partial charge < -0.3 is 15.4 Å². The summed E-state index contributed by atoms with van der Waals surface area (Å²) in [5.74, 6) is 1.63. The lowest BCUT2D eigenvalue weighted by molar-refractivity contribution is 0.303. The Kier molecular flexibility index (Phi) is 12.7. The van der Waals surface area contributed by atoms with Crippen LogP contribution in [-0.2, 0) is 22.8 Å². The zero-order valence-corrected chi connectivity index (χ0v) is 22.6. The summed E-state index contributed by atoms with van der Waals surface area (Å²) in [4.78, 5) is 4.63. The third kappa shape index (κ3) is 9.77. The van der Waals surface area contributed by atoms with Crippen LogP contribution in [0.5, 0.6) is 5.75 Å². The van der Waals surface area contributed by atoms with Crippen LogP contribution in [0.25, 0.3) is 0 Å². The van der Waals surface area contributed by atoms with E-state index in [1.54, 1.807) is 19.2 Å². The van der Waals surface area contributed by atoms with Gasteiger partial charge >= 0.3 is 0 Å². The second kappa shape index (κ2) is 14.4. The summed E-state index contributed by atoms with van der Waals surface area (Å²) in [6.45, 7) is 6.29. The molecule has 178 valence electrons. The lowest BCUT2D eigenvalue weighted by atomic mass is 10.1. The van der Waals surface area contributed by atoms with Gasteiger partial charge in [0.05, 0.1) is 11.5 Å². The van der Waals surface area contributed by atoms with E-state index in [9.17, 15) is 8.42 Å². The highest BCUT2D eigenvalue weighted by Crippen LogP contribution is 2.21. The van der Waals surface area contributed by atoms with Crippen LogP contribution < -0.4 is 15.4 Å². The molecule has 6 nitrogen and oxygen atoms in total. The summed E-state index contributed by atoms with van der Waals surface area (Å²) in [6.07, 6.45) is 5.39. The molecule has 0 saturated heterocycles. The smallest absolute Gasteiger partial charge is 0.191 e. The summed E-state index contributed by atoms with van der Waals surface area (Å²) in [6, 6.07) is 13.3. The molecule has 0 fully saturated rings. The van der Waals surface area contributed by atoms with Crippen molar-refractivity contribution in [3.8, 4) is 5.75 Å². The second-order valence-corrected chi connectivity index (χ2v) is 9.70. The number of hydrogen-bond donors (Lipinski definition) is 2. The Balaban J connectivity index is 0.00000512. The van der Waals surface area contributed by atoms with Crippen molar-refractivity contribution in [3.05, 3.63) is 59.2 Å². The number of hydrogen-bond acceptors (Lipinski definition) is 4. The monoisotopic (exact) mass is 573 g/mol. The average molecular weight is 574 g/mol. The summed E-state index contributed by atoms with van der Waals surface area (Å²) in [5, 5.41) is 6.65. The van der Waals surface area contributed by atoms with Gasteiger partial charge in [-0.3, -0.25) is 4.99 Å². The number of aliphatic imine (C=N–C) groups is 1. The molecule has 0 unspecified atom stereocenters. The Morgan fingerprint density at radius 2 is 1.78 bits per heavy atom. The maximum Gasteiger partial charge on any atom is 0.191 e. The first-order valence-electron chi connectivity index (χ1n) is 10.8. The molecule has 0 atom stereocenters. The number of rotatable bonds is 11. The number of unbranched alkanes of at least 4 members (excludes halogenated alkanes) is 2. The Bertz CT molecular complexity index is 961. The van der Waals surface area contributed by atoms with E-state index >= 15 is 0 Å². The SMILES string of the molecule is CCCCCOc1cc(C)ccc1CNC(=NC)NCCc1ccc(S(C)(=O)=O)cc1.I. The van der Waals surface area contributed by atoms with Crippen LogP contribution in [-0.4, -0.2) is 40.8 Å². The molecule has 0 aromatic heterocycles. The number of aryl methyl sites for hydroxylation is 1. The van der Waals surface area contributed by atoms with Crippen LogP contribution in [0.4, 0.5) is 0 Å². The number of halogens is 1. The van der Waals surface area contributed by atoms with Crippen LogP contribution in [0, 0.1) is 6.92 Å². The normalized spacial score (nSPS) is 11.6. The molecule has 0 bridgehead atoms. The van der Waals surface area contributed by atoms with Gasteiger partial charge in [-0.15, -0.1) is 24.0 Å². The topological polar surface area (TPSA) is 79.8 Å². The van der Waals surface area contributed by atoms with Crippen LogP contribution >= 0.6 is 24.0 Å². The van der Waals surface area contributed by atoms with Gasteiger partial charge in [-0.05, 0) is 49.1 Å². The zero-order chi connectivity index (χ0) is 22.7. The Morgan fingerprint density at radius 3 is 2.41 bits per heavy atom. The van der Waals surface area contributed by atoms with Gasteiger partial charge in [0.2, 0.25) is 0 Å². The fourth-order valence-electron chi connectivity index (χ4n) is 3.10. The highest BCUT2D eigenvalue weighted by atomic mass is 127. The molecule has 0 aliphatic heterocycles. The third-order valence-corrected chi connectivity index (χ3v) is 6.08. The first-order chi connectivity index (χ1) is 14.8. The van der Waals surface area contributed by atoms with Crippen molar-refractivity contribution in [1.82, 2.24) is 10.6 Å². The molecule has 2 rings (SSSR count). The molecule has 2 aromatic rings. The summed E-state index contributed by atoms with van der Waals surface area (Å²) < 4.78 is 29.1. The minimum absolute atomic E-state index is 0. The molecule has 0 saturated carbocycles. The lowest BCUT2D eigenvalue weighted by Crippen LogP contribution is -2.37. The molecule has 0 spiro atoms. The number of guanidine groups is 1. The van der Waals surface area contributed by atoms with Crippen LogP contribution in [0.2, 0.25) is 0 Å². The van der Waals surface area contributed by atoms with Crippen LogP contribution in [0.3, 0.4) is 0 Å². The highest BCUT2D eigenvalue weighted by Gasteiger charge is 2.08. The number of sulfone groups is 1. The van der Waals surface area contributed by atoms with E-state index in [4.69, 9.17) is 4.74 Å². The van der Waals surface area contributed by atoms with E-state index in [0.29, 0.717) is 23.9 Å². The number of nitrogens with one attached hydrogen (secondary N) is 2. The number of ether oxygens (including phenoxy) is 1. The van der Waals surface area contributed by atoms with E-state index in [1.807, 2.05) is 12.1 Å². The molecule has 2 N–H and O–H groups in total. The van der Waals surface area contributed by atoms with Crippen LogP contribution in [0.1, 0.15) is 42.9 Å². The fraction of sp³-hybridized carbons (Fsp3) is 0.458. The fourth-order valence-corrected chi connectivity index (χ4v) is 3.73. The van der Waals surface area contributed by atoms with Crippen molar-refractivity contribution < 1.29 is 13.2 Å². The average Bonchev–Trinajstić information content (AvgIpc) is 2.74. The van der Waals surface area contributed by atoms with Gasteiger partial charge in [0.25, 0.3) is 0 Å². The van der Waals surface area contributed by atoms with Crippen molar-refractivity contribution in [2.75, 3.05) is 26.5 Å². The minimum atomic E-state index is -3.16. The van der Waals surface area contributed by atoms with E-state index in [2.05, 4.69) is 47.7 Å². The second-order valence-electron chi connectivity index (χ2n) is 7.69. The molecule has 0 aliphatic rings. The summed E-state index contributed by atoms with van der Waals surface area (Å²) >= 11 is 0. The Hall–Kier alpha value is -1.81. The van der Waals surface area contributed by atoms with Gasteiger partial charge in [0.1, 0.15) is 5.75 Å². The van der Waals surface area contributed by atoms with E-state index < -0.39 is 9.84 Å². The van der Waals surface area contributed by atoms with Crippen molar-refractivity contribution in [2.24, 2.45) is 4.99 Å². The van der Waals surface area contributed by atoms with Gasteiger partial charge in [0.15, 0.2) is 15.8 Å². The van der Waals surface area contributed by atoms with Gasteiger partial charge in [0, 0.05) is 32.0 Å². The van der Waals surface area contributed by atoms with Crippen LogP contribution in [0.15, 0.2) is 52.4 Å². The standard InChI is InChI=1S/C24H35N3O3S.HI/c1-5-6-7-16-30-23-17-19(2)8-11-21(23)18-27-24(25-3)26-15-14-20-9-12-22(13-10-20)31(4,28)29;/h8-13,17H,5-7,14-16,18H2,1-4H3,(H2,25,26,27);1H. The highest BCUT2D eigenvalue weighted by molar-refractivity contribution is 14.0. The zero-order valence-electron chi connectivity index (χ0n) is 19.5. The number of benzene rings is 2. The largest absolute Gasteiger partial charge is 0.493 e. The molecule has 8 heteroatoms. The van der Waals surface area contributed by atoms with Gasteiger partial charge in [-0.2, -0.15) is 0 Å². The predicted octanol–water partition coefficient (Wildman–Crippen LogP) is 4.49. The molecule has 0 amide bonds. The van der Waals surface area contributed by atoms with Crippen molar-refractivity contribution >= 4 is 39.8 Å². The third-order valence-electron chi connectivity index (χ3n) is 4.96. The maximum atomic E-state index is 11.6. The summed E-state index contributed by atoms with van der Waals surface area (Å²) in [7, 11) is -1.42. The summed E-state index contributed by atoms with van der Waals surface area (Å²) in [5.41, 5.74) is 3.34. The van der Waals surface area contributed by atoms with E-state index in [1.165, 1.54) is 24.7 Å². The van der Waals surface area contributed by atoms with Gasteiger partial charge in [-0.1, -0.05) is 44.0 Å². The predicted molar refractivity (Wildman–Crippen MR) is 143 cm³/mol. The van der Waals surface area contributed by atoms with E-state index in [-0.39, 0.29) is 24.0 Å². The molecule has 0 radical (unpaired) electrons. The van der Waals surface area contributed by atoms with Crippen molar-refractivity contribution in [1.29, 1.82) is 0 Å². The quantitative estimate of drug-likeness (QED) is 0.179. The molecule has 0 aliphatic carbocycles. The van der Waals surface area contributed by atoms with Crippen molar-refractivity contribution in [3.63, 3.8) is 0 Å². The van der Waals surface area contributed by atoms with Gasteiger partial charge in [-0.25, -0.2) is 8.42 Å². The minimum Gasteiger partial charge on any atom is -0.493 e. The lowest BCUT2D eigenvalue weighted by Gasteiger charge is -2.15. The first-order valence-corrected chi connectivity index (χ1v) is 12.7. The first kappa shape index (κ1) is 28.2. The molecule has 2 aromatic carbocycles. The Labute approximate surface area is 210 Å². The van der Waals surface area contributed by atoms with E-state index in [0.717, 1.165) is 36.3 Å². The maximum absolute atomic E-state index is 11.6. The molecule has 32 heavy (non-hydrogen) atoms. The molecule has 0 heterocycles. The van der Waals surface area contributed by atoms with Crippen molar-refractivity contribution in [2.45, 2.75) is 51.0 Å². The Morgan fingerprint density at radius 1 is 1.06 bits per heavy atom. The molecular formula is C24H36IN3O3S. The molecular weight excluding hydrogens is 537 g/mol.